The highest BCUT2D eigenvalue weighted by Gasteiger charge is 2.28. The van der Waals surface area contributed by atoms with E-state index < -0.39 is 0 Å². The van der Waals surface area contributed by atoms with Gasteiger partial charge >= 0.3 is 0 Å². The Morgan fingerprint density at radius 2 is 1.95 bits per heavy atom. The Balaban J connectivity index is 1.48. The highest BCUT2D eigenvalue weighted by Crippen LogP contribution is 2.31. The van der Waals surface area contributed by atoms with Crippen LogP contribution in [-0.2, 0) is 6.54 Å². The monoisotopic (exact) mass is 319 g/mol. The summed E-state index contributed by atoms with van der Waals surface area (Å²) in [7, 11) is 0. The Morgan fingerprint density at radius 3 is 2.59 bits per heavy atom. The van der Waals surface area contributed by atoms with Gasteiger partial charge in [-0.3, -0.25) is 9.69 Å². The first kappa shape index (κ1) is 15.8. The molecule has 0 bridgehead atoms. The first-order valence-corrected chi connectivity index (χ1v) is 9.30. The van der Waals surface area contributed by atoms with E-state index in [1.807, 2.05) is 23.9 Å². The summed E-state index contributed by atoms with van der Waals surface area (Å²) >= 11 is 2.02. The van der Waals surface area contributed by atoms with Crippen LogP contribution in [0, 0.1) is 5.92 Å². The van der Waals surface area contributed by atoms with Crippen molar-refractivity contribution in [2.45, 2.75) is 25.4 Å². The topological polar surface area (TPSA) is 58.4 Å². The summed E-state index contributed by atoms with van der Waals surface area (Å²) in [6.07, 6.45) is 2.42. The molecule has 3 rings (SSSR count). The van der Waals surface area contributed by atoms with Crippen LogP contribution >= 0.6 is 11.8 Å². The largest absolute Gasteiger partial charge is 0.350 e. The number of carbonyl (C=O) groups is 1. The first-order chi connectivity index (χ1) is 10.7. The van der Waals surface area contributed by atoms with E-state index in [4.69, 9.17) is 5.73 Å². The maximum atomic E-state index is 12.1. The maximum absolute atomic E-state index is 12.1. The fourth-order valence-electron chi connectivity index (χ4n) is 2.78. The molecule has 2 aliphatic rings. The summed E-state index contributed by atoms with van der Waals surface area (Å²) in [6, 6.07) is 8.09. The fourth-order valence-corrected chi connectivity index (χ4v) is 3.76. The van der Waals surface area contributed by atoms with Gasteiger partial charge in [-0.25, -0.2) is 0 Å². The fraction of sp³-hybridized carbons (Fsp3) is 0.588. The Labute approximate surface area is 136 Å². The molecule has 1 aliphatic carbocycles. The van der Waals surface area contributed by atoms with Crippen LogP contribution in [0.15, 0.2) is 24.3 Å². The van der Waals surface area contributed by atoms with Gasteiger partial charge in [0, 0.05) is 49.3 Å². The quantitative estimate of drug-likeness (QED) is 0.838. The molecule has 2 fully saturated rings. The van der Waals surface area contributed by atoms with E-state index in [1.165, 1.54) is 29.9 Å². The van der Waals surface area contributed by atoms with Crippen molar-refractivity contribution < 1.29 is 4.79 Å². The van der Waals surface area contributed by atoms with Gasteiger partial charge in [-0.05, 0) is 36.5 Å². The van der Waals surface area contributed by atoms with Gasteiger partial charge in [-0.15, -0.1) is 0 Å². The molecular formula is C17H25N3OS. The van der Waals surface area contributed by atoms with E-state index in [-0.39, 0.29) is 11.9 Å². The van der Waals surface area contributed by atoms with Gasteiger partial charge in [0.25, 0.3) is 5.91 Å². The molecule has 1 atom stereocenters. The second-order valence-electron chi connectivity index (χ2n) is 6.30. The van der Waals surface area contributed by atoms with Crippen LogP contribution in [-0.4, -0.2) is 48.0 Å². The van der Waals surface area contributed by atoms with Crippen molar-refractivity contribution in [2.75, 3.05) is 31.1 Å². The number of nitrogens with zero attached hydrogens (tertiary/aromatic N) is 1. The van der Waals surface area contributed by atoms with Crippen molar-refractivity contribution in [1.29, 1.82) is 0 Å². The first-order valence-electron chi connectivity index (χ1n) is 8.15. The number of hydrogen-bond donors (Lipinski definition) is 2. The second-order valence-corrected chi connectivity index (χ2v) is 7.52. The minimum Gasteiger partial charge on any atom is -0.350 e. The normalized spacial score (nSPS) is 20.6. The van der Waals surface area contributed by atoms with Crippen LogP contribution in [0.5, 0.6) is 0 Å². The number of amides is 1. The molecule has 1 aromatic rings. The van der Waals surface area contributed by atoms with Crippen molar-refractivity contribution in [3.8, 4) is 0 Å². The zero-order chi connectivity index (χ0) is 15.4. The molecule has 3 N–H and O–H groups in total. The average Bonchev–Trinajstić information content (AvgIpc) is 3.39. The molecule has 5 heteroatoms. The second kappa shape index (κ2) is 7.49. The van der Waals surface area contributed by atoms with Gasteiger partial charge in [0.1, 0.15) is 0 Å². The smallest absolute Gasteiger partial charge is 0.251 e. The number of rotatable bonds is 6. The summed E-state index contributed by atoms with van der Waals surface area (Å²) in [6.45, 7) is 3.88. The number of hydrogen-bond acceptors (Lipinski definition) is 4. The highest BCUT2D eigenvalue weighted by molar-refractivity contribution is 7.99. The van der Waals surface area contributed by atoms with Crippen LogP contribution in [0.1, 0.15) is 28.8 Å². The van der Waals surface area contributed by atoms with E-state index in [1.54, 1.807) is 0 Å². The minimum absolute atomic E-state index is 0.0166. The maximum Gasteiger partial charge on any atom is 0.251 e. The van der Waals surface area contributed by atoms with Gasteiger partial charge in [0.2, 0.25) is 0 Å². The van der Waals surface area contributed by atoms with Crippen molar-refractivity contribution in [2.24, 2.45) is 11.7 Å². The predicted molar refractivity (Wildman–Crippen MR) is 92.1 cm³/mol. The summed E-state index contributed by atoms with van der Waals surface area (Å²) in [5, 5.41) is 2.94. The van der Waals surface area contributed by atoms with Crippen molar-refractivity contribution >= 4 is 17.7 Å². The zero-order valence-electron chi connectivity index (χ0n) is 13.0. The number of thioether (sulfide) groups is 1. The predicted octanol–water partition coefficient (Wildman–Crippen LogP) is 1.70. The Morgan fingerprint density at radius 1 is 1.27 bits per heavy atom. The lowest BCUT2D eigenvalue weighted by molar-refractivity contribution is 0.0950. The van der Waals surface area contributed by atoms with E-state index in [9.17, 15) is 4.79 Å². The van der Waals surface area contributed by atoms with Gasteiger partial charge in [0.05, 0.1) is 0 Å². The molecule has 1 saturated heterocycles. The molecule has 1 aliphatic heterocycles. The summed E-state index contributed by atoms with van der Waals surface area (Å²) in [5.41, 5.74) is 8.01. The molecule has 1 saturated carbocycles. The van der Waals surface area contributed by atoms with E-state index in [0.29, 0.717) is 12.5 Å². The molecule has 1 amide bonds. The third-order valence-electron chi connectivity index (χ3n) is 4.45. The van der Waals surface area contributed by atoms with Gasteiger partial charge in [-0.1, -0.05) is 12.1 Å². The standard InChI is InChI=1S/C17H25N3OS/c18-16(14-5-6-14)11-19-17(21)15-3-1-13(2-4-15)12-20-7-9-22-10-8-20/h1-4,14,16H,5-12,18H2,(H,19,21). The lowest BCUT2D eigenvalue weighted by atomic mass is 10.1. The SMILES string of the molecule is NC(CNC(=O)c1ccc(CN2CCSCC2)cc1)C1CC1. The molecule has 0 radical (unpaired) electrons. The number of carbonyl (C=O) groups excluding carboxylic acids is 1. The Hall–Kier alpha value is -1.04. The van der Waals surface area contributed by atoms with E-state index in [0.717, 1.165) is 25.2 Å². The van der Waals surface area contributed by atoms with Crippen molar-refractivity contribution in [3.05, 3.63) is 35.4 Å². The number of nitrogens with one attached hydrogen (secondary N) is 1. The molecule has 1 aromatic carbocycles. The summed E-state index contributed by atoms with van der Waals surface area (Å²) in [4.78, 5) is 14.6. The molecule has 4 nitrogen and oxygen atoms in total. The lowest BCUT2D eigenvalue weighted by Crippen LogP contribution is -2.38. The molecular weight excluding hydrogens is 294 g/mol. The number of nitrogens with two attached hydrogens (primary N) is 1. The minimum atomic E-state index is -0.0166. The molecule has 120 valence electrons. The molecule has 0 aromatic heterocycles. The average molecular weight is 319 g/mol. The highest BCUT2D eigenvalue weighted by atomic mass is 32.2. The Bertz CT molecular complexity index is 495. The Kier molecular flexibility index (Phi) is 5.39. The van der Waals surface area contributed by atoms with Crippen LogP contribution < -0.4 is 11.1 Å². The van der Waals surface area contributed by atoms with Crippen LogP contribution in [0.4, 0.5) is 0 Å². The van der Waals surface area contributed by atoms with Gasteiger partial charge in [-0.2, -0.15) is 11.8 Å². The molecule has 22 heavy (non-hydrogen) atoms. The lowest BCUT2D eigenvalue weighted by Gasteiger charge is -2.26. The third-order valence-corrected chi connectivity index (χ3v) is 5.39. The van der Waals surface area contributed by atoms with Crippen molar-refractivity contribution in [3.63, 3.8) is 0 Å². The van der Waals surface area contributed by atoms with Gasteiger partial charge in [0.15, 0.2) is 0 Å². The van der Waals surface area contributed by atoms with Crippen LogP contribution in [0.3, 0.4) is 0 Å². The van der Waals surface area contributed by atoms with Crippen LogP contribution in [0.25, 0.3) is 0 Å². The summed E-state index contributed by atoms with van der Waals surface area (Å²) < 4.78 is 0. The van der Waals surface area contributed by atoms with Crippen LogP contribution in [0.2, 0.25) is 0 Å². The summed E-state index contributed by atoms with van der Waals surface area (Å²) in [5.74, 6) is 3.05. The van der Waals surface area contributed by atoms with E-state index in [2.05, 4.69) is 22.3 Å². The third kappa shape index (κ3) is 4.48. The molecule has 1 heterocycles. The van der Waals surface area contributed by atoms with E-state index >= 15 is 0 Å². The van der Waals surface area contributed by atoms with Gasteiger partial charge < -0.3 is 11.1 Å². The number of benzene rings is 1. The molecule has 0 spiro atoms. The molecule has 1 unspecified atom stereocenters. The zero-order valence-corrected chi connectivity index (χ0v) is 13.8. The van der Waals surface area contributed by atoms with Crippen molar-refractivity contribution in [1.82, 2.24) is 10.2 Å².